The van der Waals surface area contributed by atoms with Crippen molar-refractivity contribution in [2.75, 3.05) is 16.2 Å². The molecule has 1 atom stereocenters. The van der Waals surface area contributed by atoms with Gasteiger partial charge >= 0.3 is 5.97 Å². The van der Waals surface area contributed by atoms with Crippen molar-refractivity contribution >= 4 is 33.3 Å². The lowest BCUT2D eigenvalue weighted by atomic mass is 10.1. The molecule has 0 spiro atoms. The molecule has 1 amide bonds. The van der Waals surface area contributed by atoms with Gasteiger partial charge in [-0.1, -0.05) is 24.3 Å². The van der Waals surface area contributed by atoms with Crippen LogP contribution in [-0.2, 0) is 26.0 Å². The molecule has 0 aliphatic carbocycles. The zero-order chi connectivity index (χ0) is 24.5. The Hall–Kier alpha value is -3.79. The molecule has 1 N–H and O–H groups in total. The van der Waals surface area contributed by atoms with Crippen molar-refractivity contribution < 1.29 is 31.5 Å². The first-order valence-electron chi connectivity index (χ1n) is 10.3. The summed E-state index contributed by atoms with van der Waals surface area (Å²) in [7, 11) is -3.97. The lowest BCUT2D eigenvalue weighted by Gasteiger charge is -2.24. The van der Waals surface area contributed by atoms with Crippen molar-refractivity contribution in [1.82, 2.24) is 0 Å². The molecule has 0 saturated carbocycles. The quantitative estimate of drug-likeness (QED) is 0.534. The van der Waals surface area contributed by atoms with E-state index >= 15 is 0 Å². The molecule has 34 heavy (non-hydrogen) atoms. The van der Waals surface area contributed by atoms with Gasteiger partial charge in [0.15, 0.2) is 6.61 Å². The number of sulfonamides is 1. The number of amides is 1. The lowest BCUT2D eigenvalue weighted by Crippen LogP contribution is -2.35. The van der Waals surface area contributed by atoms with Crippen LogP contribution in [0.1, 0.15) is 22.8 Å². The molecule has 0 bridgehead atoms. The molecule has 1 aliphatic heterocycles. The molecule has 0 unspecified atom stereocenters. The van der Waals surface area contributed by atoms with E-state index in [1.54, 1.807) is 19.1 Å². The molecule has 0 saturated heterocycles. The molecule has 4 rings (SSSR count). The van der Waals surface area contributed by atoms with Crippen LogP contribution in [-0.4, -0.2) is 32.9 Å². The second kappa shape index (κ2) is 9.22. The lowest BCUT2D eigenvalue weighted by molar-refractivity contribution is -0.119. The van der Waals surface area contributed by atoms with Crippen molar-refractivity contribution in [1.29, 1.82) is 0 Å². The van der Waals surface area contributed by atoms with Crippen LogP contribution in [0.2, 0.25) is 0 Å². The minimum atomic E-state index is -3.97. The first kappa shape index (κ1) is 23.4. The molecule has 3 aromatic rings. The fourth-order valence-electron chi connectivity index (χ4n) is 3.79. The standard InChI is InChI=1S/C24H20F2N2O5S/c1-15-11-16-5-2-3-8-22(16)28(15)34(31,32)19-7-4-6-17(12-19)24(30)33-14-23(29)27-21-13-18(25)9-10-20(21)26/h2-10,12-13,15H,11,14H2,1H3,(H,27,29)/t15-/m1/s1. The maximum Gasteiger partial charge on any atom is 0.338 e. The minimum absolute atomic E-state index is 0.0778. The van der Waals surface area contributed by atoms with E-state index < -0.39 is 45.8 Å². The van der Waals surface area contributed by atoms with Crippen LogP contribution in [0.4, 0.5) is 20.2 Å². The summed E-state index contributed by atoms with van der Waals surface area (Å²) in [5, 5.41) is 2.11. The van der Waals surface area contributed by atoms with Crippen LogP contribution in [0, 0.1) is 11.6 Å². The number of halogens is 2. The highest BCUT2D eigenvalue weighted by molar-refractivity contribution is 7.92. The fourth-order valence-corrected chi connectivity index (χ4v) is 5.53. The van der Waals surface area contributed by atoms with Gasteiger partial charge in [0.1, 0.15) is 11.6 Å². The number of nitrogens with one attached hydrogen (secondary N) is 1. The Morgan fingerprint density at radius 3 is 2.62 bits per heavy atom. The first-order chi connectivity index (χ1) is 16.2. The normalized spacial score (nSPS) is 15.0. The molecule has 10 heteroatoms. The van der Waals surface area contributed by atoms with E-state index in [9.17, 15) is 26.8 Å². The Bertz CT molecular complexity index is 1380. The Labute approximate surface area is 195 Å². The number of para-hydroxylation sites is 1. The van der Waals surface area contributed by atoms with E-state index in [0.717, 1.165) is 23.8 Å². The molecule has 1 aliphatic rings. The summed E-state index contributed by atoms with van der Waals surface area (Å²) in [4.78, 5) is 24.3. The minimum Gasteiger partial charge on any atom is -0.452 e. The first-order valence-corrected chi connectivity index (χ1v) is 11.8. The van der Waals surface area contributed by atoms with Crippen LogP contribution < -0.4 is 9.62 Å². The van der Waals surface area contributed by atoms with Crippen molar-refractivity contribution in [2.24, 2.45) is 0 Å². The summed E-state index contributed by atoms with van der Waals surface area (Å²) in [6.07, 6.45) is 0.568. The van der Waals surface area contributed by atoms with Gasteiger partial charge in [-0.3, -0.25) is 9.10 Å². The highest BCUT2D eigenvalue weighted by atomic mass is 32.2. The van der Waals surface area contributed by atoms with E-state index in [-0.39, 0.29) is 16.5 Å². The summed E-state index contributed by atoms with van der Waals surface area (Å²) in [5.74, 6) is -3.43. The van der Waals surface area contributed by atoms with Gasteiger partial charge in [0.25, 0.3) is 15.9 Å². The van der Waals surface area contributed by atoms with Gasteiger partial charge in [0.05, 0.1) is 21.8 Å². The number of carbonyl (C=O) groups excluding carboxylic acids is 2. The van der Waals surface area contributed by atoms with E-state index in [1.807, 2.05) is 12.1 Å². The number of fused-ring (bicyclic) bond motifs is 1. The molecule has 3 aromatic carbocycles. The third-order valence-corrected chi connectivity index (χ3v) is 7.23. The maximum absolute atomic E-state index is 13.6. The summed E-state index contributed by atoms with van der Waals surface area (Å²) >= 11 is 0. The number of nitrogens with zero attached hydrogens (tertiary/aromatic N) is 1. The van der Waals surface area contributed by atoms with Crippen LogP contribution in [0.5, 0.6) is 0 Å². The van der Waals surface area contributed by atoms with E-state index in [1.165, 1.54) is 28.6 Å². The second-order valence-corrected chi connectivity index (χ2v) is 9.57. The molecule has 0 fully saturated rings. The SMILES string of the molecule is C[C@@H]1Cc2ccccc2N1S(=O)(=O)c1cccc(C(=O)OCC(=O)Nc2cc(F)ccc2F)c1. The monoisotopic (exact) mass is 486 g/mol. The van der Waals surface area contributed by atoms with Gasteiger partial charge < -0.3 is 10.1 Å². The Morgan fingerprint density at radius 2 is 1.82 bits per heavy atom. The fraction of sp³-hybridized carbons (Fsp3) is 0.167. The van der Waals surface area contributed by atoms with Crippen LogP contribution >= 0.6 is 0 Å². The van der Waals surface area contributed by atoms with E-state index in [4.69, 9.17) is 4.74 Å². The largest absolute Gasteiger partial charge is 0.452 e. The topological polar surface area (TPSA) is 92.8 Å². The van der Waals surface area contributed by atoms with Crippen LogP contribution in [0.3, 0.4) is 0 Å². The summed E-state index contributed by atoms with van der Waals surface area (Å²) < 4.78 is 59.8. The summed E-state index contributed by atoms with van der Waals surface area (Å²) in [6, 6.07) is 14.7. The average Bonchev–Trinajstić information content (AvgIpc) is 3.16. The molecule has 176 valence electrons. The van der Waals surface area contributed by atoms with Crippen molar-refractivity contribution in [3.63, 3.8) is 0 Å². The number of hydrogen-bond acceptors (Lipinski definition) is 5. The third-order valence-electron chi connectivity index (χ3n) is 5.31. The molecular formula is C24H20F2N2O5S. The third kappa shape index (κ3) is 4.62. The highest BCUT2D eigenvalue weighted by Crippen LogP contribution is 2.36. The number of anilines is 2. The number of esters is 1. The van der Waals surface area contributed by atoms with Gasteiger partial charge in [-0.05, 0) is 55.3 Å². The summed E-state index contributed by atoms with van der Waals surface area (Å²) in [6.45, 7) is 1.03. The van der Waals surface area contributed by atoms with Crippen molar-refractivity contribution in [2.45, 2.75) is 24.3 Å². The molecular weight excluding hydrogens is 466 g/mol. The average molecular weight is 486 g/mol. The highest BCUT2D eigenvalue weighted by Gasteiger charge is 2.36. The van der Waals surface area contributed by atoms with Crippen LogP contribution in [0.25, 0.3) is 0 Å². The molecule has 1 heterocycles. The van der Waals surface area contributed by atoms with Crippen molar-refractivity contribution in [3.8, 4) is 0 Å². The van der Waals surface area contributed by atoms with Gasteiger partial charge in [-0.15, -0.1) is 0 Å². The summed E-state index contributed by atoms with van der Waals surface area (Å²) in [5.41, 5.74) is 1.03. The molecule has 0 aromatic heterocycles. The number of carbonyl (C=O) groups is 2. The maximum atomic E-state index is 13.6. The number of benzene rings is 3. The predicted octanol–water partition coefficient (Wildman–Crippen LogP) is 3.90. The Morgan fingerprint density at radius 1 is 1.06 bits per heavy atom. The predicted molar refractivity (Wildman–Crippen MR) is 121 cm³/mol. The number of hydrogen-bond donors (Lipinski definition) is 1. The smallest absolute Gasteiger partial charge is 0.338 e. The number of rotatable bonds is 6. The molecule has 7 nitrogen and oxygen atoms in total. The van der Waals surface area contributed by atoms with Gasteiger partial charge in [-0.2, -0.15) is 0 Å². The zero-order valence-corrected chi connectivity index (χ0v) is 18.8. The Kier molecular flexibility index (Phi) is 6.34. The number of ether oxygens (including phenoxy) is 1. The second-order valence-electron chi connectivity index (χ2n) is 7.76. The Balaban J connectivity index is 1.47. The van der Waals surface area contributed by atoms with Gasteiger partial charge in [0, 0.05) is 12.1 Å². The molecule has 0 radical (unpaired) electrons. The van der Waals surface area contributed by atoms with E-state index in [2.05, 4.69) is 5.32 Å². The van der Waals surface area contributed by atoms with Gasteiger partial charge in [0.2, 0.25) is 0 Å². The van der Waals surface area contributed by atoms with Crippen LogP contribution in [0.15, 0.2) is 71.6 Å². The van der Waals surface area contributed by atoms with Crippen molar-refractivity contribution in [3.05, 3.63) is 89.5 Å². The zero-order valence-electron chi connectivity index (χ0n) is 18.0. The van der Waals surface area contributed by atoms with Gasteiger partial charge in [-0.25, -0.2) is 22.0 Å². The van der Waals surface area contributed by atoms with E-state index in [0.29, 0.717) is 12.1 Å².